The molecule has 4 atom stereocenters. The van der Waals surface area contributed by atoms with E-state index < -0.39 is 0 Å². The SMILES string of the molecule is c1ccc2c(N3CCN4CC(COc5ccc(COCc6ccc(OCC7CCC8CN(c9noc%10ccccc9%10)CCN8C7)cn6)nc5)CCC4C3)noc2c1. The number of para-hydroxylation sites is 2. The van der Waals surface area contributed by atoms with E-state index in [1.165, 1.54) is 0 Å². The number of hydrogen-bond donors (Lipinski definition) is 0. The van der Waals surface area contributed by atoms with Crippen molar-refractivity contribution in [2.45, 2.75) is 51.0 Å². The molecule has 0 saturated carbocycles. The largest absolute Gasteiger partial charge is 0.492 e. The van der Waals surface area contributed by atoms with Crippen LogP contribution in [0.4, 0.5) is 11.6 Å². The second-order valence-electron chi connectivity index (χ2n) is 16.2. The third-order valence-corrected chi connectivity index (χ3v) is 12.4. The van der Waals surface area contributed by atoms with Crippen LogP contribution in [0.3, 0.4) is 0 Å². The maximum atomic E-state index is 6.21. The molecule has 0 radical (unpaired) electrons. The van der Waals surface area contributed by atoms with Crippen LogP contribution in [0.2, 0.25) is 0 Å². The van der Waals surface area contributed by atoms with Gasteiger partial charge >= 0.3 is 0 Å². The molecule has 296 valence electrons. The molecule has 6 aromatic rings. The highest BCUT2D eigenvalue weighted by Gasteiger charge is 2.36. The van der Waals surface area contributed by atoms with E-state index in [0.29, 0.717) is 50.3 Å². The smallest absolute Gasteiger partial charge is 0.180 e. The molecule has 10 rings (SSSR count). The average Bonchev–Trinajstić information content (AvgIpc) is 3.91. The normalized spacial score (nSPS) is 23.1. The van der Waals surface area contributed by atoms with Gasteiger partial charge in [-0.15, -0.1) is 0 Å². The van der Waals surface area contributed by atoms with Gasteiger partial charge in [0.25, 0.3) is 0 Å². The Labute approximate surface area is 332 Å². The zero-order chi connectivity index (χ0) is 38.0. The van der Waals surface area contributed by atoms with E-state index in [0.717, 1.165) is 135 Å². The van der Waals surface area contributed by atoms with Crippen molar-refractivity contribution in [2.75, 3.05) is 75.4 Å². The lowest BCUT2D eigenvalue weighted by Crippen LogP contribution is -2.57. The maximum absolute atomic E-state index is 6.21. The van der Waals surface area contributed by atoms with Crippen LogP contribution in [0, 0.1) is 11.8 Å². The number of nitrogens with zero attached hydrogens (tertiary/aromatic N) is 8. The molecule has 4 saturated heterocycles. The van der Waals surface area contributed by atoms with Gasteiger partial charge < -0.3 is 33.1 Å². The molecule has 0 aliphatic carbocycles. The molecule has 0 N–H and O–H groups in total. The van der Waals surface area contributed by atoms with Crippen LogP contribution in [-0.4, -0.2) is 108 Å². The molecule has 13 nitrogen and oxygen atoms in total. The summed E-state index contributed by atoms with van der Waals surface area (Å²) in [5.74, 6) is 4.55. The zero-order valence-corrected chi connectivity index (χ0v) is 32.3. The Morgan fingerprint density at radius 2 is 1.04 bits per heavy atom. The number of piperazine rings is 2. The van der Waals surface area contributed by atoms with Gasteiger partial charge in [-0.25, -0.2) is 0 Å². The Morgan fingerprint density at radius 1 is 0.544 bits per heavy atom. The van der Waals surface area contributed by atoms with Crippen molar-refractivity contribution in [3.05, 3.63) is 96.6 Å². The van der Waals surface area contributed by atoms with E-state index in [9.17, 15) is 0 Å². The Hall–Kier alpha value is -5.24. The van der Waals surface area contributed by atoms with E-state index >= 15 is 0 Å². The highest BCUT2D eigenvalue weighted by molar-refractivity contribution is 5.89. The molecule has 13 heteroatoms. The van der Waals surface area contributed by atoms with Gasteiger partial charge in [-0.05, 0) is 74.2 Å². The van der Waals surface area contributed by atoms with Crippen molar-refractivity contribution in [1.82, 2.24) is 30.1 Å². The number of rotatable bonds is 12. The number of ether oxygens (including phenoxy) is 3. The summed E-state index contributed by atoms with van der Waals surface area (Å²) in [7, 11) is 0. The van der Waals surface area contributed by atoms with Crippen LogP contribution in [0.5, 0.6) is 11.5 Å². The molecule has 4 aliphatic heterocycles. The number of hydrogen-bond acceptors (Lipinski definition) is 13. The van der Waals surface area contributed by atoms with Crippen molar-refractivity contribution in [1.29, 1.82) is 0 Å². The molecule has 8 heterocycles. The van der Waals surface area contributed by atoms with Crippen molar-refractivity contribution >= 4 is 33.6 Å². The fourth-order valence-electron chi connectivity index (χ4n) is 9.23. The maximum Gasteiger partial charge on any atom is 0.180 e. The minimum atomic E-state index is 0.409. The Bertz CT molecular complexity index is 2090. The summed E-state index contributed by atoms with van der Waals surface area (Å²) in [5, 5.41) is 11.0. The average molecular weight is 771 g/mol. The summed E-state index contributed by atoms with van der Waals surface area (Å²) in [6, 6.07) is 25.3. The number of benzene rings is 2. The van der Waals surface area contributed by atoms with Gasteiger partial charge in [-0.2, -0.15) is 0 Å². The minimum Gasteiger partial charge on any atom is -0.492 e. The lowest BCUT2D eigenvalue weighted by atomic mass is 9.91. The summed E-state index contributed by atoms with van der Waals surface area (Å²) in [5.41, 5.74) is 3.43. The Balaban J connectivity index is 0.616. The fraction of sp³-hybridized carbons (Fsp3) is 0.455. The molecule has 2 aromatic carbocycles. The lowest BCUT2D eigenvalue weighted by Gasteiger charge is -2.46. The van der Waals surface area contributed by atoms with Crippen LogP contribution < -0.4 is 19.3 Å². The zero-order valence-electron chi connectivity index (χ0n) is 32.3. The highest BCUT2D eigenvalue weighted by Crippen LogP contribution is 2.33. The van der Waals surface area contributed by atoms with Crippen molar-refractivity contribution in [3.63, 3.8) is 0 Å². The second-order valence-corrected chi connectivity index (χ2v) is 16.2. The summed E-state index contributed by atoms with van der Waals surface area (Å²) in [6.45, 7) is 10.3. The van der Waals surface area contributed by atoms with Crippen LogP contribution in [0.25, 0.3) is 21.9 Å². The monoisotopic (exact) mass is 770 g/mol. The quantitative estimate of drug-likeness (QED) is 0.136. The van der Waals surface area contributed by atoms with E-state index in [1.54, 1.807) is 0 Å². The molecule has 4 fully saturated rings. The van der Waals surface area contributed by atoms with Gasteiger partial charge in [0.2, 0.25) is 0 Å². The summed E-state index contributed by atoms with van der Waals surface area (Å²) in [4.78, 5) is 19.2. The van der Waals surface area contributed by atoms with E-state index in [4.69, 9.17) is 23.3 Å². The predicted molar refractivity (Wildman–Crippen MR) is 217 cm³/mol. The first-order valence-corrected chi connectivity index (χ1v) is 20.6. The standard InChI is InChI=1S/C44H50N8O5/c1-3-7-41-39(5-1)43(47-56-41)51-19-17-49-23-31(9-13-35(49)25-51)27-54-37-15-11-33(45-21-37)29-53-30-34-12-16-38(22-46-34)55-28-32-10-14-36-26-52(20-18-50(36)24-32)44-40-6-2-4-8-42(40)57-48-44/h1-8,11-12,15-16,21-22,31-32,35-36H,9-10,13-14,17-20,23-30H2. The molecule has 0 amide bonds. The minimum absolute atomic E-state index is 0.409. The molecule has 57 heavy (non-hydrogen) atoms. The van der Waals surface area contributed by atoms with E-state index in [1.807, 2.05) is 73.1 Å². The van der Waals surface area contributed by atoms with Crippen molar-refractivity contribution < 1.29 is 23.3 Å². The van der Waals surface area contributed by atoms with E-state index in [2.05, 4.69) is 52.0 Å². The molecular formula is C44H50N8O5. The van der Waals surface area contributed by atoms with Crippen LogP contribution in [-0.2, 0) is 18.0 Å². The van der Waals surface area contributed by atoms with Gasteiger partial charge in [0.15, 0.2) is 22.8 Å². The number of piperidine rings is 2. The molecule has 0 bridgehead atoms. The Kier molecular flexibility index (Phi) is 10.3. The van der Waals surface area contributed by atoms with Gasteiger partial charge in [-0.1, -0.05) is 34.6 Å². The van der Waals surface area contributed by atoms with Crippen LogP contribution >= 0.6 is 0 Å². The first kappa shape index (κ1) is 36.1. The van der Waals surface area contributed by atoms with Gasteiger partial charge in [-0.3, -0.25) is 19.8 Å². The first-order valence-electron chi connectivity index (χ1n) is 20.6. The lowest BCUT2D eigenvalue weighted by molar-refractivity contribution is 0.0724. The fourth-order valence-corrected chi connectivity index (χ4v) is 9.23. The van der Waals surface area contributed by atoms with Gasteiger partial charge in [0, 0.05) is 76.3 Å². The number of aromatic nitrogens is 4. The summed E-state index contributed by atoms with van der Waals surface area (Å²) in [6.07, 6.45) is 8.23. The van der Waals surface area contributed by atoms with Gasteiger partial charge in [0.1, 0.15) is 11.5 Å². The third-order valence-electron chi connectivity index (χ3n) is 12.4. The second kappa shape index (κ2) is 16.3. The van der Waals surface area contributed by atoms with Crippen molar-refractivity contribution in [3.8, 4) is 11.5 Å². The molecule has 0 spiro atoms. The number of fused-ring (bicyclic) bond motifs is 4. The van der Waals surface area contributed by atoms with Gasteiger partial charge in [0.05, 0.1) is 61.0 Å². The predicted octanol–water partition coefficient (Wildman–Crippen LogP) is 6.44. The molecule has 4 aromatic heterocycles. The first-order chi connectivity index (χ1) is 28.2. The van der Waals surface area contributed by atoms with Crippen LogP contribution in [0.15, 0.2) is 94.2 Å². The van der Waals surface area contributed by atoms with Crippen molar-refractivity contribution in [2.24, 2.45) is 11.8 Å². The Morgan fingerprint density at radius 3 is 1.51 bits per heavy atom. The van der Waals surface area contributed by atoms with E-state index in [-0.39, 0.29) is 0 Å². The van der Waals surface area contributed by atoms with Crippen LogP contribution in [0.1, 0.15) is 37.1 Å². The third kappa shape index (κ3) is 8.01. The molecular weight excluding hydrogens is 721 g/mol. The summed E-state index contributed by atoms with van der Waals surface area (Å²) >= 11 is 0. The summed E-state index contributed by atoms with van der Waals surface area (Å²) < 4.78 is 29.5. The number of anilines is 2. The topological polar surface area (TPSA) is 118 Å². The highest BCUT2D eigenvalue weighted by atomic mass is 16.5. The molecule has 4 aliphatic rings. The number of pyridine rings is 2. The molecule has 4 unspecified atom stereocenters.